The van der Waals surface area contributed by atoms with Gasteiger partial charge < -0.3 is 14.0 Å². The van der Waals surface area contributed by atoms with E-state index < -0.39 is 5.60 Å². The first-order valence-electron chi connectivity index (χ1n) is 13.8. The number of benzene rings is 2. The summed E-state index contributed by atoms with van der Waals surface area (Å²) in [6, 6.07) is 20.8. The second kappa shape index (κ2) is 10.3. The molecule has 3 saturated heterocycles. The fourth-order valence-corrected chi connectivity index (χ4v) is 8.21. The Labute approximate surface area is 218 Å². The van der Waals surface area contributed by atoms with E-state index in [0.717, 1.165) is 54.1 Å². The monoisotopic (exact) mass is 504 g/mol. The van der Waals surface area contributed by atoms with Crippen molar-refractivity contribution in [1.82, 2.24) is 10.2 Å². The smallest absolute Gasteiger partial charge is 0.271 e. The first-order valence-corrected chi connectivity index (χ1v) is 14.8. The van der Waals surface area contributed by atoms with Crippen LogP contribution in [0.1, 0.15) is 62.3 Å². The number of aliphatic hydroxyl groups is 1. The van der Waals surface area contributed by atoms with E-state index in [4.69, 9.17) is 4.42 Å². The van der Waals surface area contributed by atoms with Gasteiger partial charge in [-0.1, -0.05) is 67.8 Å². The van der Waals surface area contributed by atoms with Crippen LogP contribution in [0.3, 0.4) is 0 Å². The van der Waals surface area contributed by atoms with Gasteiger partial charge in [-0.25, -0.2) is 0 Å². The molecule has 3 aliphatic heterocycles. The summed E-state index contributed by atoms with van der Waals surface area (Å²) in [7, 11) is 0. The zero-order valence-corrected chi connectivity index (χ0v) is 21.9. The molecule has 4 fully saturated rings. The van der Waals surface area contributed by atoms with Crippen LogP contribution in [0.4, 0.5) is 0 Å². The number of piperidine rings is 3. The van der Waals surface area contributed by atoms with Crippen LogP contribution < -0.4 is 0 Å². The van der Waals surface area contributed by atoms with Gasteiger partial charge in [0.2, 0.25) is 0 Å². The number of quaternary nitrogens is 1. The lowest BCUT2D eigenvalue weighted by Crippen LogP contribution is -2.61. The summed E-state index contributed by atoms with van der Waals surface area (Å²) in [5.41, 5.74) is -0.340. The highest BCUT2D eigenvalue weighted by Gasteiger charge is 2.48. The quantitative estimate of drug-likeness (QED) is 0.300. The number of aromatic nitrogens is 2. The predicted molar refractivity (Wildman–Crippen MR) is 142 cm³/mol. The van der Waals surface area contributed by atoms with E-state index in [1.54, 1.807) is 0 Å². The molecule has 0 spiro atoms. The minimum Gasteiger partial charge on any atom is -0.416 e. The Morgan fingerprint density at radius 3 is 2.31 bits per heavy atom. The number of fused-ring (bicyclic) bond motifs is 3. The number of thioether (sulfide) groups is 1. The second-order valence-corrected chi connectivity index (χ2v) is 12.4. The Balaban J connectivity index is 1.20. The molecule has 0 amide bonds. The summed E-state index contributed by atoms with van der Waals surface area (Å²) >= 11 is 2.00. The lowest BCUT2D eigenvalue weighted by atomic mass is 9.73. The topological polar surface area (TPSA) is 59.2 Å². The van der Waals surface area contributed by atoms with E-state index in [9.17, 15) is 5.11 Å². The number of rotatable bonds is 8. The van der Waals surface area contributed by atoms with Crippen LogP contribution in [0.25, 0.3) is 0 Å². The van der Waals surface area contributed by atoms with Gasteiger partial charge in [0.15, 0.2) is 12.1 Å². The molecule has 0 radical (unpaired) electrons. The minimum absolute atomic E-state index is 0.110. The molecule has 7 rings (SSSR count). The summed E-state index contributed by atoms with van der Waals surface area (Å²) in [6.07, 6.45) is 8.08. The van der Waals surface area contributed by atoms with E-state index in [1.165, 1.54) is 49.5 Å². The SMILES string of the molecule is O[C@](c1ccccc1)(c1nnc(C[N+]23CCC(CC2)C(CSc2ccccc2)C3)o1)C1CCCCC1. The van der Waals surface area contributed by atoms with E-state index in [-0.39, 0.29) is 5.92 Å². The van der Waals surface area contributed by atoms with Crippen molar-refractivity contribution in [3.05, 3.63) is 78.0 Å². The van der Waals surface area contributed by atoms with Gasteiger partial charge in [0.25, 0.3) is 11.8 Å². The average Bonchev–Trinajstić information content (AvgIpc) is 3.42. The van der Waals surface area contributed by atoms with Crippen LogP contribution in [0.2, 0.25) is 0 Å². The fraction of sp³-hybridized carbons (Fsp3) is 0.533. The van der Waals surface area contributed by atoms with E-state index in [0.29, 0.717) is 11.8 Å². The maximum absolute atomic E-state index is 12.1. The van der Waals surface area contributed by atoms with Crippen molar-refractivity contribution in [3.8, 4) is 0 Å². The molecule has 5 nitrogen and oxygen atoms in total. The normalized spacial score (nSPS) is 28.1. The molecule has 2 atom stereocenters. The molecule has 1 aliphatic carbocycles. The molecule has 1 aromatic heterocycles. The molecule has 190 valence electrons. The van der Waals surface area contributed by atoms with Crippen LogP contribution in [0.5, 0.6) is 0 Å². The molecule has 36 heavy (non-hydrogen) atoms. The highest BCUT2D eigenvalue weighted by molar-refractivity contribution is 7.99. The van der Waals surface area contributed by atoms with E-state index >= 15 is 0 Å². The molecular weight excluding hydrogens is 466 g/mol. The standard InChI is InChI=1S/C30H38N3O2S/c34-30(25-10-4-1-5-11-25,26-12-6-2-7-13-26)29-32-31-28(35-29)21-33-18-16-23(17-19-33)24(20-33)22-36-27-14-8-3-9-15-27/h1,3-5,8-11,14-15,23-24,26,34H,2,6-7,12-13,16-22H2/q+1/t23?,24?,30-,33?/m0/s1. The molecule has 2 bridgehead atoms. The molecule has 3 aromatic rings. The van der Waals surface area contributed by atoms with Crippen molar-refractivity contribution >= 4 is 11.8 Å². The summed E-state index contributed by atoms with van der Waals surface area (Å²) < 4.78 is 7.42. The van der Waals surface area contributed by atoms with E-state index in [2.05, 4.69) is 40.5 Å². The van der Waals surface area contributed by atoms with Crippen molar-refractivity contribution in [2.45, 2.75) is 62.0 Å². The van der Waals surface area contributed by atoms with Crippen LogP contribution >= 0.6 is 11.8 Å². The zero-order valence-electron chi connectivity index (χ0n) is 21.1. The predicted octanol–water partition coefficient (Wildman–Crippen LogP) is 6.03. The maximum Gasteiger partial charge on any atom is 0.271 e. The van der Waals surface area contributed by atoms with Crippen LogP contribution in [-0.2, 0) is 12.1 Å². The van der Waals surface area contributed by atoms with E-state index in [1.807, 2.05) is 42.1 Å². The Hall–Kier alpha value is -2.15. The first kappa shape index (κ1) is 24.2. The average molecular weight is 505 g/mol. The second-order valence-electron chi connectivity index (χ2n) is 11.3. The lowest BCUT2D eigenvalue weighted by molar-refractivity contribution is -0.959. The fourth-order valence-electron chi connectivity index (χ4n) is 7.07. The number of nitrogens with zero attached hydrogens (tertiary/aromatic N) is 3. The molecule has 1 saturated carbocycles. The van der Waals surface area contributed by atoms with Gasteiger partial charge in [0.05, 0.1) is 19.6 Å². The molecule has 4 aliphatic rings. The number of hydrogen-bond donors (Lipinski definition) is 1. The lowest BCUT2D eigenvalue weighted by Gasteiger charge is -2.52. The summed E-state index contributed by atoms with van der Waals surface area (Å²) in [5.74, 6) is 3.93. The summed E-state index contributed by atoms with van der Waals surface area (Å²) in [6.45, 7) is 4.36. The molecule has 1 N–H and O–H groups in total. The largest absolute Gasteiger partial charge is 0.416 e. The third-order valence-corrected chi connectivity index (χ3v) is 10.3. The molecular formula is C30H38N3O2S+. The van der Waals surface area contributed by atoms with Crippen molar-refractivity contribution in [1.29, 1.82) is 0 Å². The minimum atomic E-state index is -1.21. The summed E-state index contributed by atoms with van der Waals surface area (Å²) in [4.78, 5) is 1.37. The van der Waals surface area contributed by atoms with Crippen molar-refractivity contribution in [2.24, 2.45) is 17.8 Å². The van der Waals surface area contributed by atoms with Gasteiger partial charge >= 0.3 is 0 Å². The van der Waals surface area contributed by atoms with Crippen LogP contribution in [0.15, 0.2) is 70.0 Å². The first-order chi connectivity index (χ1) is 17.6. The molecule has 6 heteroatoms. The van der Waals surface area contributed by atoms with Gasteiger partial charge in [-0.2, -0.15) is 0 Å². The highest BCUT2D eigenvalue weighted by atomic mass is 32.2. The van der Waals surface area contributed by atoms with Gasteiger partial charge in [-0.05, 0) is 36.5 Å². The summed E-state index contributed by atoms with van der Waals surface area (Å²) in [5, 5.41) is 21.2. The highest BCUT2D eigenvalue weighted by Crippen LogP contribution is 2.44. The Bertz CT molecular complexity index is 1120. The maximum atomic E-state index is 12.1. The Morgan fingerprint density at radius 2 is 1.58 bits per heavy atom. The molecule has 2 aromatic carbocycles. The Morgan fingerprint density at radius 1 is 0.889 bits per heavy atom. The van der Waals surface area contributed by atoms with Crippen LogP contribution in [0, 0.1) is 17.8 Å². The number of hydrogen-bond acceptors (Lipinski definition) is 5. The van der Waals surface area contributed by atoms with Crippen molar-refractivity contribution in [2.75, 3.05) is 25.4 Å². The molecule has 4 heterocycles. The van der Waals surface area contributed by atoms with Crippen molar-refractivity contribution in [3.63, 3.8) is 0 Å². The third-order valence-electron chi connectivity index (χ3n) is 9.12. The third kappa shape index (κ3) is 4.75. The van der Waals surface area contributed by atoms with Gasteiger partial charge in [-0.15, -0.1) is 22.0 Å². The zero-order chi connectivity index (χ0) is 24.4. The van der Waals surface area contributed by atoms with Gasteiger partial charge in [0, 0.05) is 35.3 Å². The van der Waals surface area contributed by atoms with Gasteiger partial charge in [-0.3, -0.25) is 0 Å². The van der Waals surface area contributed by atoms with Crippen LogP contribution in [-0.4, -0.2) is 45.2 Å². The molecule has 1 unspecified atom stereocenters. The van der Waals surface area contributed by atoms with Crippen molar-refractivity contribution < 1.29 is 14.0 Å². The Kier molecular flexibility index (Phi) is 6.93. The van der Waals surface area contributed by atoms with Gasteiger partial charge in [0.1, 0.15) is 0 Å².